The number of carbonyl (C=O) groups excluding carboxylic acids is 2. The van der Waals surface area contributed by atoms with Gasteiger partial charge in [-0.3, -0.25) is 9.59 Å². The second-order valence-electron chi connectivity index (χ2n) is 4.76. The molecule has 4 nitrogen and oxygen atoms in total. The van der Waals surface area contributed by atoms with E-state index >= 15 is 0 Å². The highest BCUT2D eigenvalue weighted by atomic mass is 35.5. The summed E-state index contributed by atoms with van der Waals surface area (Å²) < 4.78 is 4.97. The lowest BCUT2D eigenvalue weighted by Gasteiger charge is -2.08. The number of ether oxygens (including phenoxy) is 1. The molecule has 0 radical (unpaired) electrons. The molecule has 0 aliphatic carbocycles. The molecule has 0 saturated carbocycles. The molecule has 1 amide bonds. The van der Waals surface area contributed by atoms with E-state index in [9.17, 15) is 9.59 Å². The first-order chi connectivity index (χ1) is 9.97. The first kappa shape index (κ1) is 17.9. The van der Waals surface area contributed by atoms with Gasteiger partial charge in [0.2, 0.25) is 5.91 Å². The van der Waals surface area contributed by atoms with E-state index in [1.54, 1.807) is 13.8 Å². The SMILES string of the molecule is CC(C)OC(=O)CCNC(=O)CSCc1ccc(Cl)cc1. The van der Waals surface area contributed by atoms with Crippen LogP contribution in [-0.2, 0) is 20.1 Å². The van der Waals surface area contributed by atoms with Gasteiger partial charge < -0.3 is 10.1 Å². The fourth-order valence-electron chi connectivity index (χ4n) is 1.52. The Morgan fingerprint density at radius 2 is 1.95 bits per heavy atom. The van der Waals surface area contributed by atoms with Gasteiger partial charge in [0, 0.05) is 17.3 Å². The number of amides is 1. The largest absolute Gasteiger partial charge is 0.463 e. The molecule has 0 bridgehead atoms. The number of esters is 1. The van der Waals surface area contributed by atoms with Crippen molar-refractivity contribution in [2.75, 3.05) is 12.3 Å². The quantitative estimate of drug-likeness (QED) is 0.745. The van der Waals surface area contributed by atoms with E-state index in [0.29, 0.717) is 17.3 Å². The zero-order valence-corrected chi connectivity index (χ0v) is 13.8. The number of thioether (sulfide) groups is 1. The van der Waals surface area contributed by atoms with Crippen molar-refractivity contribution in [1.82, 2.24) is 5.32 Å². The molecule has 116 valence electrons. The van der Waals surface area contributed by atoms with Crippen LogP contribution in [-0.4, -0.2) is 30.3 Å². The van der Waals surface area contributed by atoms with Gasteiger partial charge in [-0.1, -0.05) is 23.7 Å². The summed E-state index contributed by atoms with van der Waals surface area (Å²) in [5, 5.41) is 3.40. The van der Waals surface area contributed by atoms with E-state index < -0.39 is 0 Å². The van der Waals surface area contributed by atoms with Crippen LogP contribution in [0.3, 0.4) is 0 Å². The summed E-state index contributed by atoms with van der Waals surface area (Å²) >= 11 is 7.32. The van der Waals surface area contributed by atoms with Crippen molar-refractivity contribution < 1.29 is 14.3 Å². The van der Waals surface area contributed by atoms with E-state index in [1.165, 1.54) is 11.8 Å². The minimum Gasteiger partial charge on any atom is -0.463 e. The van der Waals surface area contributed by atoms with Crippen molar-refractivity contribution in [3.8, 4) is 0 Å². The lowest BCUT2D eigenvalue weighted by atomic mass is 10.2. The first-order valence-corrected chi connectivity index (χ1v) is 8.29. The smallest absolute Gasteiger partial charge is 0.307 e. The average Bonchev–Trinajstić information content (AvgIpc) is 2.40. The maximum absolute atomic E-state index is 11.6. The van der Waals surface area contributed by atoms with Crippen molar-refractivity contribution in [2.45, 2.75) is 32.1 Å². The van der Waals surface area contributed by atoms with E-state index in [-0.39, 0.29) is 24.4 Å². The number of hydrogen-bond acceptors (Lipinski definition) is 4. The molecule has 0 saturated heterocycles. The Bertz CT molecular complexity index is 462. The van der Waals surface area contributed by atoms with Gasteiger partial charge in [-0.2, -0.15) is 0 Å². The van der Waals surface area contributed by atoms with Crippen LogP contribution < -0.4 is 5.32 Å². The standard InChI is InChI=1S/C15H20ClNO3S/c1-11(2)20-15(19)7-8-17-14(18)10-21-9-12-3-5-13(16)6-4-12/h3-6,11H,7-10H2,1-2H3,(H,17,18). The van der Waals surface area contributed by atoms with Crippen LogP contribution in [0, 0.1) is 0 Å². The lowest BCUT2D eigenvalue weighted by Crippen LogP contribution is -2.28. The van der Waals surface area contributed by atoms with Crippen molar-refractivity contribution in [3.05, 3.63) is 34.9 Å². The zero-order valence-electron chi connectivity index (χ0n) is 12.2. The molecular weight excluding hydrogens is 310 g/mol. The molecule has 1 rings (SSSR count). The number of nitrogens with one attached hydrogen (secondary N) is 1. The Kier molecular flexibility index (Phi) is 8.23. The highest BCUT2D eigenvalue weighted by molar-refractivity contribution is 7.99. The number of carbonyl (C=O) groups is 2. The van der Waals surface area contributed by atoms with E-state index in [1.807, 2.05) is 24.3 Å². The third-order valence-corrected chi connectivity index (χ3v) is 3.69. The molecule has 0 atom stereocenters. The van der Waals surface area contributed by atoms with Crippen molar-refractivity contribution in [1.29, 1.82) is 0 Å². The maximum Gasteiger partial charge on any atom is 0.307 e. The molecule has 21 heavy (non-hydrogen) atoms. The Labute approximate surface area is 134 Å². The summed E-state index contributed by atoms with van der Waals surface area (Å²) in [5.41, 5.74) is 1.12. The Balaban J connectivity index is 2.11. The first-order valence-electron chi connectivity index (χ1n) is 6.75. The van der Waals surface area contributed by atoms with Gasteiger partial charge in [0.25, 0.3) is 0 Å². The number of rotatable bonds is 8. The fourth-order valence-corrected chi connectivity index (χ4v) is 2.46. The Hall–Kier alpha value is -1.20. The van der Waals surface area contributed by atoms with E-state index in [0.717, 1.165) is 11.3 Å². The summed E-state index contributed by atoms with van der Waals surface area (Å²) in [6.45, 7) is 3.90. The average molecular weight is 330 g/mol. The second-order valence-corrected chi connectivity index (χ2v) is 6.18. The second kappa shape index (κ2) is 9.68. The van der Waals surface area contributed by atoms with Crippen molar-refractivity contribution >= 4 is 35.2 Å². The summed E-state index contributed by atoms with van der Waals surface area (Å²) in [4.78, 5) is 22.9. The maximum atomic E-state index is 11.6. The van der Waals surface area contributed by atoms with E-state index in [4.69, 9.17) is 16.3 Å². The molecule has 0 spiro atoms. The topological polar surface area (TPSA) is 55.4 Å². The summed E-state index contributed by atoms with van der Waals surface area (Å²) in [6.07, 6.45) is 0.0781. The summed E-state index contributed by atoms with van der Waals surface area (Å²) in [6, 6.07) is 7.54. The van der Waals surface area contributed by atoms with Crippen LogP contribution in [0.15, 0.2) is 24.3 Å². The molecular formula is C15H20ClNO3S. The minimum absolute atomic E-state index is 0.0775. The molecule has 0 heterocycles. The van der Waals surface area contributed by atoms with Gasteiger partial charge in [0.05, 0.1) is 18.3 Å². The predicted octanol–water partition coefficient (Wildman–Crippen LogP) is 3.03. The van der Waals surface area contributed by atoms with Crippen LogP contribution in [0.25, 0.3) is 0 Å². The number of halogens is 1. The molecule has 0 aliphatic heterocycles. The van der Waals surface area contributed by atoms with Gasteiger partial charge >= 0.3 is 5.97 Å². The normalized spacial score (nSPS) is 10.5. The Morgan fingerprint density at radius 3 is 2.57 bits per heavy atom. The Morgan fingerprint density at radius 1 is 1.29 bits per heavy atom. The molecule has 0 aromatic heterocycles. The minimum atomic E-state index is -0.292. The molecule has 6 heteroatoms. The van der Waals surface area contributed by atoms with E-state index in [2.05, 4.69) is 5.32 Å². The van der Waals surface area contributed by atoms with Crippen LogP contribution in [0.4, 0.5) is 0 Å². The summed E-state index contributed by atoms with van der Waals surface area (Å²) in [7, 11) is 0. The fraction of sp³-hybridized carbons (Fsp3) is 0.467. The third-order valence-electron chi connectivity index (χ3n) is 2.43. The lowest BCUT2D eigenvalue weighted by molar-refractivity contribution is -0.147. The number of hydrogen-bond donors (Lipinski definition) is 1. The van der Waals surface area contributed by atoms with Crippen LogP contribution in [0.2, 0.25) is 5.02 Å². The third kappa shape index (κ3) is 8.63. The van der Waals surface area contributed by atoms with Gasteiger partial charge in [-0.25, -0.2) is 0 Å². The molecule has 0 fully saturated rings. The molecule has 0 aliphatic rings. The monoisotopic (exact) mass is 329 g/mol. The van der Waals surface area contributed by atoms with Crippen LogP contribution in [0.5, 0.6) is 0 Å². The van der Waals surface area contributed by atoms with Gasteiger partial charge in [0.15, 0.2) is 0 Å². The van der Waals surface area contributed by atoms with Crippen LogP contribution >= 0.6 is 23.4 Å². The molecule has 1 aromatic rings. The van der Waals surface area contributed by atoms with Crippen molar-refractivity contribution in [3.63, 3.8) is 0 Å². The highest BCUT2D eigenvalue weighted by Crippen LogP contribution is 2.15. The molecule has 0 unspecified atom stereocenters. The van der Waals surface area contributed by atoms with Gasteiger partial charge in [-0.15, -0.1) is 11.8 Å². The van der Waals surface area contributed by atoms with Gasteiger partial charge in [-0.05, 0) is 31.5 Å². The van der Waals surface area contributed by atoms with Crippen LogP contribution in [0.1, 0.15) is 25.8 Å². The summed E-state index contributed by atoms with van der Waals surface area (Å²) in [5.74, 6) is 0.743. The van der Waals surface area contributed by atoms with Crippen molar-refractivity contribution in [2.24, 2.45) is 0 Å². The number of benzene rings is 1. The van der Waals surface area contributed by atoms with Gasteiger partial charge in [0.1, 0.15) is 0 Å². The highest BCUT2D eigenvalue weighted by Gasteiger charge is 2.07. The predicted molar refractivity (Wildman–Crippen MR) is 86.5 cm³/mol. The molecule has 1 aromatic carbocycles. The zero-order chi connectivity index (χ0) is 15.7. The molecule has 1 N–H and O–H groups in total.